The Morgan fingerprint density at radius 2 is 0.289 bits per heavy atom. The van der Waals surface area contributed by atoms with Gasteiger partial charge in [-0.25, -0.2) is 0 Å². The van der Waals surface area contributed by atoms with Crippen molar-refractivity contribution in [1.29, 1.82) is 0 Å². The van der Waals surface area contributed by atoms with Crippen LogP contribution < -0.4 is 0 Å². The molecule has 0 aromatic rings. The van der Waals surface area contributed by atoms with Crippen molar-refractivity contribution in [3.8, 4) is 0 Å². The largest absolute Gasteiger partial charge is 0.462 e. The number of rotatable bonds is 25. The Morgan fingerprint density at radius 3 is 0.389 bits per heavy atom. The first-order valence-corrected chi connectivity index (χ1v) is 18.2. The molecular formula is C27F54O9. The quantitative estimate of drug-likeness (QED) is 0.0655. The van der Waals surface area contributed by atoms with E-state index in [0.717, 1.165) is 4.74 Å². The van der Waals surface area contributed by atoms with Gasteiger partial charge in [0.1, 0.15) is 0 Å². The SMILES string of the molecule is O=C(F)C(F)(OC(F)(F)C(F)(OC(F)(F)C(F)(OC(F)(F)C(F)(OC(F)(F)C(F)(OC(F)(F)C(F)(OC(F)(F)C(F)(OC(F)(F)C(F)(OC(F)(F)C(F)(F)C(F)(F)F)C(F)(F)F)C(F)(F)F)C(F)(F)F)C(F)(F)F)C(F)(F)F)C(F)(F)F)C(F)(F)F)C(F)(F)F. The maximum Gasteiger partial charge on any atom is 0.462 e. The van der Waals surface area contributed by atoms with Crippen LogP contribution in [-0.2, 0) is 42.7 Å². The fraction of sp³-hybridized carbons (Fsp3) is 0.963. The summed E-state index contributed by atoms with van der Waals surface area (Å²) in [5.74, 6) is -87.0. The molecule has 0 aromatic heterocycles. The van der Waals surface area contributed by atoms with E-state index in [1.807, 2.05) is 0 Å². The van der Waals surface area contributed by atoms with E-state index < -0.39 is 163 Å². The summed E-state index contributed by atoms with van der Waals surface area (Å²) in [7, 11) is 0. The lowest BCUT2D eigenvalue weighted by atomic mass is 10.1. The van der Waals surface area contributed by atoms with Crippen molar-refractivity contribution in [2.45, 2.75) is 157 Å². The van der Waals surface area contributed by atoms with Gasteiger partial charge in [-0.1, -0.05) is 0 Å². The van der Waals surface area contributed by atoms with Gasteiger partial charge >= 0.3 is 163 Å². The van der Waals surface area contributed by atoms with Gasteiger partial charge in [0, 0.05) is 0 Å². The Hall–Kier alpha value is -4.43. The zero-order valence-corrected chi connectivity index (χ0v) is 37.6. The molecule has 0 saturated carbocycles. The number of carbonyl (C=O) groups is 1. The highest BCUT2D eigenvalue weighted by Gasteiger charge is 2.94. The van der Waals surface area contributed by atoms with Crippen molar-refractivity contribution in [3.05, 3.63) is 0 Å². The highest BCUT2D eigenvalue weighted by Crippen LogP contribution is 2.65. The Bertz CT molecular complexity index is 2510. The van der Waals surface area contributed by atoms with E-state index in [2.05, 4.69) is 0 Å². The van der Waals surface area contributed by atoms with E-state index in [9.17, 15) is 242 Å². The van der Waals surface area contributed by atoms with Gasteiger partial charge < -0.3 is 0 Å². The Balaban J connectivity index is 8.67. The lowest BCUT2D eigenvalue weighted by molar-refractivity contribution is -0.610. The molecule has 540 valence electrons. The number of alkyl halides is 53. The van der Waals surface area contributed by atoms with E-state index in [1.165, 1.54) is 0 Å². The first-order valence-electron chi connectivity index (χ1n) is 18.2. The van der Waals surface area contributed by atoms with Gasteiger partial charge in [0.2, 0.25) is 0 Å². The summed E-state index contributed by atoms with van der Waals surface area (Å²) in [6.07, 6.45) is -162. The number of halogens is 54. The summed E-state index contributed by atoms with van der Waals surface area (Å²) < 4.78 is 746. The molecular weight excluding hydrogens is 1490 g/mol. The van der Waals surface area contributed by atoms with Crippen LogP contribution >= 0.6 is 0 Å². The van der Waals surface area contributed by atoms with Gasteiger partial charge in [-0.05, 0) is 0 Å². The smallest absolute Gasteiger partial charge is 0.263 e. The summed E-state index contributed by atoms with van der Waals surface area (Å²) in [5.41, 5.74) is 0. The minimum atomic E-state index is -10.3. The van der Waals surface area contributed by atoms with Crippen molar-refractivity contribution >= 4 is 6.04 Å². The summed E-state index contributed by atoms with van der Waals surface area (Å²) in [5, 5.41) is 0. The van der Waals surface area contributed by atoms with E-state index in [-0.39, 0.29) is 0 Å². The molecule has 0 amide bonds. The van der Waals surface area contributed by atoms with Gasteiger partial charge in [0.15, 0.2) is 0 Å². The number of carbonyl (C=O) groups excluding carboxylic acids is 1. The zero-order chi connectivity index (χ0) is 74.2. The summed E-state index contributed by atoms with van der Waals surface area (Å²) in [4.78, 5) is 10.2. The van der Waals surface area contributed by atoms with Gasteiger partial charge in [-0.2, -0.15) is 237 Å². The van der Waals surface area contributed by atoms with Gasteiger partial charge in [-0.3, -0.25) is 42.7 Å². The van der Waals surface area contributed by atoms with Crippen LogP contribution in [-0.4, -0.2) is 163 Å². The summed E-state index contributed by atoms with van der Waals surface area (Å²) >= 11 is 0. The fourth-order valence-electron chi connectivity index (χ4n) is 4.29. The molecule has 0 heterocycles. The third-order valence-electron chi connectivity index (χ3n) is 8.66. The molecule has 8 unspecified atom stereocenters. The highest BCUT2D eigenvalue weighted by molar-refractivity contribution is 5.77. The van der Waals surface area contributed by atoms with Crippen molar-refractivity contribution in [1.82, 2.24) is 0 Å². The normalized spacial score (nSPS) is 21.2. The molecule has 0 fully saturated rings. The number of hydrogen-bond donors (Lipinski definition) is 0. The Morgan fingerprint density at radius 1 is 0.167 bits per heavy atom. The first-order chi connectivity index (χ1) is 37.9. The predicted octanol–water partition coefficient (Wildman–Crippen LogP) is 16.4. The van der Waals surface area contributed by atoms with Crippen LogP contribution in [0.25, 0.3) is 0 Å². The van der Waals surface area contributed by atoms with E-state index >= 15 is 0 Å². The molecule has 8 atom stereocenters. The van der Waals surface area contributed by atoms with Crippen LogP contribution in [0.5, 0.6) is 0 Å². The third-order valence-corrected chi connectivity index (χ3v) is 8.66. The lowest BCUT2D eigenvalue weighted by Crippen LogP contribution is -2.74. The van der Waals surface area contributed by atoms with E-state index in [4.69, 9.17) is 0 Å². The molecule has 0 rings (SSSR count). The van der Waals surface area contributed by atoms with Gasteiger partial charge in [-0.15, -0.1) is 0 Å². The molecule has 0 aliphatic heterocycles. The summed E-state index contributed by atoms with van der Waals surface area (Å²) in [6.45, 7) is 0. The molecule has 0 bridgehead atoms. The fourth-order valence-corrected chi connectivity index (χ4v) is 4.29. The van der Waals surface area contributed by atoms with Crippen LogP contribution in [0.3, 0.4) is 0 Å². The van der Waals surface area contributed by atoms with Crippen LogP contribution in [0, 0.1) is 0 Å². The average molecular weight is 1490 g/mol. The minimum absolute atomic E-state index is 0.366. The maximum atomic E-state index is 15.0. The van der Waals surface area contributed by atoms with Crippen molar-refractivity contribution in [2.24, 2.45) is 0 Å². The van der Waals surface area contributed by atoms with Crippen LogP contribution in [0.4, 0.5) is 237 Å². The second-order valence-corrected chi connectivity index (χ2v) is 15.0. The Labute approximate surface area is 444 Å². The van der Waals surface area contributed by atoms with Crippen LogP contribution in [0.15, 0.2) is 0 Å². The molecule has 63 heteroatoms. The minimum Gasteiger partial charge on any atom is -0.263 e. The molecule has 9 nitrogen and oxygen atoms in total. The van der Waals surface area contributed by atoms with Crippen molar-refractivity contribution in [2.75, 3.05) is 0 Å². The highest BCUT2D eigenvalue weighted by atomic mass is 19.5. The van der Waals surface area contributed by atoms with Crippen LogP contribution in [0.2, 0.25) is 0 Å². The lowest BCUT2D eigenvalue weighted by Gasteiger charge is -2.45. The summed E-state index contributed by atoms with van der Waals surface area (Å²) in [6, 6.07) is -5.49. The van der Waals surface area contributed by atoms with E-state index in [0.29, 0.717) is 33.2 Å². The molecule has 0 aromatic carbocycles. The number of hydrogen-bond acceptors (Lipinski definition) is 9. The van der Waals surface area contributed by atoms with Crippen LogP contribution in [0.1, 0.15) is 0 Å². The second kappa shape index (κ2) is 22.3. The molecule has 0 aliphatic carbocycles. The molecule has 0 radical (unpaired) electrons. The second-order valence-electron chi connectivity index (χ2n) is 15.0. The predicted molar refractivity (Wildman–Crippen MR) is 145 cm³/mol. The maximum absolute atomic E-state index is 15.0. The molecule has 0 spiro atoms. The standard InChI is InChI=1S/C27F54O9/c28-1(82)2(29,11(39,40)41)83-21(68,69)4(32,13(45,46)47)85-23(72,73)6(34,15(51,52)53)87-25(76,77)8(36,17(57,58)59)89-27(80,81)10(38,19(63,64)65)90-26(78,79)9(37,18(60,61)62)88-24(74,75)7(35,16(54,55)56)86-22(70,71)5(33,14(48,49)50)84-20(66,67)3(30,31)12(42,43)44. The molecule has 0 N–H and O–H groups in total. The molecule has 90 heavy (non-hydrogen) atoms. The molecule has 0 aliphatic rings. The Kier molecular flexibility index (Phi) is 21.2. The first kappa shape index (κ1) is 85.6. The van der Waals surface area contributed by atoms with E-state index in [1.54, 1.807) is 0 Å². The topological polar surface area (TPSA) is 90.9 Å². The number of ether oxygens (including phenoxy) is 8. The van der Waals surface area contributed by atoms with Crippen molar-refractivity contribution in [3.63, 3.8) is 0 Å². The molecule has 0 saturated heterocycles. The third kappa shape index (κ3) is 13.9. The average Bonchev–Trinajstić information content (AvgIpc) is 1.21. The van der Waals surface area contributed by atoms with Crippen molar-refractivity contribution < 1.29 is 280 Å². The van der Waals surface area contributed by atoms with Gasteiger partial charge in [0.05, 0.1) is 0 Å². The van der Waals surface area contributed by atoms with Gasteiger partial charge in [0.25, 0.3) is 0 Å². The monoisotopic (exact) mass is 1490 g/mol. The zero-order valence-electron chi connectivity index (χ0n) is 37.6.